The Labute approximate surface area is 120 Å². The van der Waals surface area contributed by atoms with Crippen molar-refractivity contribution in [1.82, 2.24) is 5.32 Å². The summed E-state index contributed by atoms with van der Waals surface area (Å²) in [6, 6.07) is 4.59. The average molecular weight is 306 g/mol. The Bertz CT molecular complexity index is 503. The number of aliphatic carboxylic acids is 1. The lowest BCUT2D eigenvalue weighted by atomic mass is 10.0. The quantitative estimate of drug-likeness (QED) is 0.776. The van der Waals surface area contributed by atoms with Crippen molar-refractivity contribution in [2.45, 2.75) is 18.9 Å². The third-order valence-corrected chi connectivity index (χ3v) is 3.18. The maximum atomic E-state index is 11.8. The van der Waals surface area contributed by atoms with Gasteiger partial charge in [-0.05, 0) is 19.1 Å². The molecule has 0 aromatic heterocycles. The lowest BCUT2D eigenvalue weighted by Crippen LogP contribution is -2.42. The fourth-order valence-electron chi connectivity index (χ4n) is 1.43. The van der Waals surface area contributed by atoms with Gasteiger partial charge in [0, 0.05) is 6.54 Å². The van der Waals surface area contributed by atoms with Gasteiger partial charge in [0.25, 0.3) is 5.91 Å². The molecule has 1 unspecified atom stereocenters. The molecule has 0 saturated heterocycles. The second-order valence-corrected chi connectivity index (χ2v) is 5.14. The summed E-state index contributed by atoms with van der Waals surface area (Å²) in [5, 5.41) is 21.1. The summed E-state index contributed by atoms with van der Waals surface area (Å²) >= 11 is 11.7. The summed E-state index contributed by atoms with van der Waals surface area (Å²) in [7, 11) is 0. The van der Waals surface area contributed by atoms with E-state index in [1.54, 1.807) is 12.1 Å². The van der Waals surface area contributed by atoms with Crippen LogP contribution in [0.15, 0.2) is 18.2 Å². The molecule has 0 aliphatic carbocycles. The number of aliphatic hydroxyl groups is 1. The van der Waals surface area contributed by atoms with Gasteiger partial charge in [-0.3, -0.25) is 9.59 Å². The molecule has 0 aliphatic rings. The zero-order valence-corrected chi connectivity index (χ0v) is 11.6. The topological polar surface area (TPSA) is 86.6 Å². The first-order chi connectivity index (χ1) is 8.73. The van der Waals surface area contributed by atoms with Gasteiger partial charge in [0.2, 0.25) is 0 Å². The lowest BCUT2D eigenvalue weighted by molar-refractivity contribution is -0.141. The van der Waals surface area contributed by atoms with E-state index in [4.69, 9.17) is 28.3 Å². The summed E-state index contributed by atoms with van der Waals surface area (Å²) in [5.74, 6) is -1.68. The van der Waals surface area contributed by atoms with Crippen LogP contribution in [0.1, 0.15) is 23.7 Å². The Balaban J connectivity index is 2.71. The van der Waals surface area contributed by atoms with Crippen LogP contribution in [0.4, 0.5) is 0 Å². The van der Waals surface area contributed by atoms with Crippen LogP contribution in [0.3, 0.4) is 0 Å². The van der Waals surface area contributed by atoms with Gasteiger partial charge in [-0.1, -0.05) is 29.3 Å². The van der Waals surface area contributed by atoms with Crippen LogP contribution in [0.5, 0.6) is 0 Å². The second-order valence-electron chi connectivity index (χ2n) is 4.35. The third-order valence-electron chi connectivity index (χ3n) is 2.36. The number of rotatable bonds is 5. The summed E-state index contributed by atoms with van der Waals surface area (Å²) in [4.78, 5) is 22.4. The molecule has 5 nitrogen and oxygen atoms in total. The monoisotopic (exact) mass is 305 g/mol. The Morgan fingerprint density at radius 3 is 2.58 bits per heavy atom. The highest BCUT2D eigenvalue weighted by Crippen LogP contribution is 2.25. The Kier molecular flexibility index (Phi) is 5.17. The minimum absolute atomic E-state index is 0.111. The van der Waals surface area contributed by atoms with Gasteiger partial charge in [-0.2, -0.15) is 0 Å². The zero-order chi connectivity index (χ0) is 14.6. The molecule has 0 spiro atoms. The van der Waals surface area contributed by atoms with Crippen LogP contribution in [0, 0.1) is 0 Å². The van der Waals surface area contributed by atoms with Crippen LogP contribution < -0.4 is 5.32 Å². The number of carboxylic acids is 1. The van der Waals surface area contributed by atoms with E-state index in [1.165, 1.54) is 13.0 Å². The van der Waals surface area contributed by atoms with E-state index in [0.717, 1.165) is 0 Å². The maximum absolute atomic E-state index is 11.8. The van der Waals surface area contributed by atoms with E-state index in [9.17, 15) is 14.7 Å². The molecule has 19 heavy (non-hydrogen) atoms. The van der Waals surface area contributed by atoms with Crippen LogP contribution in [0.25, 0.3) is 0 Å². The minimum Gasteiger partial charge on any atom is -0.481 e. The molecule has 1 aromatic carbocycles. The molecular formula is C12H13Cl2NO4. The fourth-order valence-corrected chi connectivity index (χ4v) is 1.82. The summed E-state index contributed by atoms with van der Waals surface area (Å²) < 4.78 is 0. The Hall–Kier alpha value is -1.30. The summed E-state index contributed by atoms with van der Waals surface area (Å²) in [6.07, 6.45) is -0.476. The van der Waals surface area contributed by atoms with Gasteiger partial charge >= 0.3 is 5.97 Å². The highest BCUT2D eigenvalue weighted by Gasteiger charge is 2.25. The van der Waals surface area contributed by atoms with Crippen molar-refractivity contribution in [2.75, 3.05) is 6.54 Å². The number of carbonyl (C=O) groups excluding carboxylic acids is 1. The molecule has 7 heteroatoms. The highest BCUT2D eigenvalue weighted by molar-refractivity contribution is 6.43. The molecule has 104 valence electrons. The van der Waals surface area contributed by atoms with Crippen molar-refractivity contribution >= 4 is 35.1 Å². The predicted octanol–water partition coefficient (Wildman–Crippen LogP) is 1.95. The predicted molar refractivity (Wildman–Crippen MR) is 71.7 cm³/mol. The molecule has 1 amide bonds. The van der Waals surface area contributed by atoms with Crippen molar-refractivity contribution in [3.8, 4) is 0 Å². The Morgan fingerprint density at radius 1 is 1.37 bits per heavy atom. The summed E-state index contributed by atoms with van der Waals surface area (Å²) in [5.41, 5.74) is -1.37. The first kappa shape index (κ1) is 15.8. The number of halogens is 2. The van der Waals surface area contributed by atoms with Gasteiger partial charge in [-0.25, -0.2) is 0 Å². The number of carboxylic acid groups (broad SMARTS) is 1. The van der Waals surface area contributed by atoms with Gasteiger partial charge in [-0.15, -0.1) is 0 Å². The lowest BCUT2D eigenvalue weighted by Gasteiger charge is -2.21. The smallest absolute Gasteiger partial charge is 0.306 e. The van der Waals surface area contributed by atoms with Gasteiger partial charge in [0.15, 0.2) is 0 Å². The number of amides is 1. The SMILES string of the molecule is CC(O)(CNC(=O)c1cccc(Cl)c1Cl)CC(=O)O. The third kappa shape index (κ3) is 4.70. The number of carbonyl (C=O) groups is 2. The molecular weight excluding hydrogens is 293 g/mol. The first-order valence-electron chi connectivity index (χ1n) is 5.39. The van der Waals surface area contributed by atoms with Crippen molar-refractivity contribution in [3.63, 3.8) is 0 Å². The zero-order valence-electron chi connectivity index (χ0n) is 10.1. The average Bonchev–Trinajstić information content (AvgIpc) is 2.28. The largest absolute Gasteiger partial charge is 0.481 e. The van der Waals surface area contributed by atoms with Crippen molar-refractivity contribution in [3.05, 3.63) is 33.8 Å². The molecule has 3 N–H and O–H groups in total. The second kappa shape index (κ2) is 6.23. The van der Waals surface area contributed by atoms with Crippen LogP contribution in [0.2, 0.25) is 10.0 Å². The standard InChI is InChI=1S/C12H13Cl2NO4/c1-12(19,5-9(16)17)6-15-11(18)7-3-2-4-8(13)10(7)14/h2-4,19H,5-6H2,1H3,(H,15,18)(H,16,17). The van der Waals surface area contributed by atoms with Crippen LogP contribution in [-0.2, 0) is 4.79 Å². The van der Waals surface area contributed by atoms with Gasteiger partial charge in [0.1, 0.15) is 0 Å². The van der Waals surface area contributed by atoms with E-state index >= 15 is 0 Å². The van der Waals surface area contributed by atoms with Gasteiger partial charge < -0.3 is 15.5 Å². The summed E-state index contributed by atoms with van der Waals surface area (Å²) in [6.45, 7) is 1.11. The molecule has 0 saturated carbocycles. The normalized spacial score (nSPS) is 13.7. The van der Waals surface area contributed by atoms with E-state index in [2.05, 4.69) is 5.32 Å². The number of hydrogen-bond acceptors (Lipinski definition) is 3. The van der Waals surface area contributed by atoms with E-state index in [0.29, 0.717) is 0 Å². The number of nitrogens with one attached hydrogen (secondary N) is 1. The molecule has 1 atom stereocenters. The van der Waals surface area contributed by atoms with Crippen LogP contribution >= 0.6 is 23.2 Å². The van der Waals surface area contributed by atoms with E-state index in [1.807, 2.05) is 0 Å². The molecule has 0 radical (unpaired) electrons. The molecule has 1 aromatic rings. The van der Waals surface area contributed by atoms with Crippen molar-refractivity contribution in [1.29, 1.82) is 0 Å². The molecule has 0 aliphatic heterocycles. The van der Waals surface area contributed by atoms with Gasteiger partial charge in [0.05, 0.1) is 27.6 Å². The molecule has 0 bridgehead atoms. The number of benzene rings is 1. The molecule has 0 heterocycles. The Morgan fingerprint density at radius 2 is 2.00 bits per heavy atom. The maximum Gasteiger partial charge on any atom is 0.306 e. The van der Waals surface area contributed by atoms with Crippen molar-refractivity contribution in [2.24, 2.45) is 0 Å². The fraction of sp³-hybridized carbons (Fsp3) is 0.333. The highest BCUT2D eigenvalue weighted by atomic mass is 35.5. The van der Waals surface area contributed by atoms with E-state index in [-0.39, 0.29) is 22.2 Å². The van der Waals surface area contributed by atoms with E-state index < -0.39 is 23.9 Å². The first-order valence-corrected chi connectivity index (χ1v) is 6.15. The minimum atomic E-state index is -1.54. The number of hydrogen-bond donors (Lipinski definition) is 3. The molecule has 0 fully saturated rings. The van der Waals surface area contributed by atoms with Crippen LogP contribution in [-0.4, -0.2) is 34.2 Å². The van der Waals surface area contributed by atoms with Crippen molar-refractivity contribution < 1.29 is 19.8 Å². The molecule has 1 rings (SSSR count).